The van der Waals surface area contributed by atoms with Crippen molar-refractivity contribution >= 4 is 11.6 Å². The summed E-state index contributed by atoms with van der Waals surface area (Å²) in [6.45, 7) is 1.01. The Morgan fingerprint density at radius 1 is 1.14 bits per heavy atom. The number of benzene rings is 2. The molecule has 3 rings (SSSR count). The summed E-state index contributed by atoms with van der Waals surface area (Å²) in [5.41, 5.74) is 0.873. The van der Waals surface area contributed by atoms with Crippen molar-refractivity contribution < 1.29 is 32.2 Å². The van der Waals surface area contributed by atoms with Crippen molar-refractivity contribution in [2.75, 3.05) is 32.1 Å². The van der Waals surface area contributed by atoms with E-state index in [0.717, 1.165) is 0 Å². The van der Waals surface area contributed by atoms with Gasteiger partial charge in [0.1, 0.15) is 19.0 Å². The van der Waals surface area contributed by atoms with Gasteiger partial charge >= 0.3 is 6.36 Å². The van der Waals surface area contributed by atoms with E-state index in [-0.39, 0.29) is 24.7 Å². The number of carbonyl (C=O) groups is 1. The van der Waals surface area contributed by atoms with Crippen LogP contribution in [0.3, 0.4) is 0 Å². The number of anilines is 1. The predicted molar refractivity (Wildman–Crippen MR) is 95.5 cm³/mol. The maximum atomic E-state index is 12.5. The Bertz CT molecular complexity index is 842. The van der Waals surface area contributed by atoms with Crippen LogP contribution >= 0.6 is 0 Å². The molecule has 1 aliphatic heterocycles. The first kappa shape index (κ1) is 19.8. The number of hydrogen-bond donors (Lipinski definition) is 1. The van der Waals surface area contributed by atoms with Crippen molar-refractivity contribution in [2.45, 2.75) is 12.9 Å². The van der Waals surface area contributed by atoms with E-state index in [4.69, 9.17) is 9.47 Å². The highest BCUT2D eigenvalue weighted by atomic mass is 19.4. The van der Waals surface area contributed by atoms with Gasteiger partial charge in [-0.3, -0.25) is 9.69 Å². The van der Waals surface area contributed by atoms with E-state index in [9.17, 15) is 18.0 Å². The number of nitrogens with zero attached hydrogens (tertiary/aromatic N) is 1. The molecule has 0 fully saturated rings. The molecule has 1 N–H and O–H groups in total. The maximum Gasteiger partial charge on any atom is 0.573 e. The van der Waals surface area contributed by atoms with Gasteiger partial charge in [0, 0.05) is 23.9 Å². The number of fused-ring (bicyclic) bond motifs is 1. The second-order valence-corrected chi connectivity index (χ2v) is 6.23. The third kappa shape index (κ3) is 5.53. The van der Waals surface area contributed by atoms with E-state index in [0.29, 0.717) is 36.0 Å². The molecule has 28 heavy (non-hydrogen) atoms. The minimum Gasteiger partial charge on any atom is -0.486 e. The van der Waals surface area contributed by atoms with Crippen LogP contribution < -0.4 is 19.5 Å². The van der Waals surface area contributed by atoms with Crippen molar-refractivity contribution in [3.63, 3.8) is 0 Å². The normalized spacial score (nSPS) is 13.3. The first-order valence-electron chi connectivity index (χ1n) is 8.52. The molecule has 0 atom stereocenters. The minimum atomic E-state index is -4.77. The van der Waals surface area contributed by atoms with Crippen molar-refractivity contribution in [3.05, 3.63) is 48.0 Å². The fourth-order valence-corrected chi connectivity index (χ4v) is 2.77. The zero-order valence-electron chi connectivity index (χ0n) is 15.1. The zero-order chi connectivity index (χ0) is 20.1. The van der Waals surface area contributed by atoms with E-state index in [2.05, 4.69) is 10.1 Å². The summed E-state index contributed by atoms with van der Waals surface area (Å²) in [4.78, 5) is 13.8. The number of amides is 1. The van der Waals surface area contributed by atoms with Gasteiger partial charge in [-0.15, -0.1) is 13.2 Å². The number of rotatable bonds is 6. The van der Waals surface area contributed by atoms with Crippen LogP contribution in [0.1, 0.15) is 5.56 Å². The molecule has 0 unspecified atom stereocenters. The van der Waals surface area contributed by atoms with Gasteiger partial charge in [-0.2, -0.15) is 0 Å². The zero-order valence-corrected chi connectivity index (χ0v) is 15.1. The van der Waals surface area contributed by atoms with Crippen LogP contribution in [0, 0.1) is 0 Å². The van der Waals surface area contributed by atoms with Crippen LogP contribution in [0.4, 0.5) is 18.9 Å². The maximum absolute atomic E-state index is 12.5. The molecule has 2 aromatic rings. The highest BCUT2D eigenvalue weighted by Crippen LogP contribution is 2.32. The summed E-state index contributed by atoms with van der Waals surface area (Å²) in [6, 6.07) is 10.9. The van der Waals surface area contributed by atoms with E-state index in [1.165, 1.54) is 18.2 Å². The molecule has 1 aliphatic rings. The number of alkyl halides is 3. The molecule has 9 heteroatoms. The summed E-state index contributed by atoms with van der Waals surface area (Å²) in [5, 5.41) is 2.73. The van der Waals surface area contributed by atoms with Gasteiger partial charge in [-0.1, -0.05) is 18.2 Å². The number of para-hydroxylation sites is 1. The topological polar surface area (TPSA) is 60.0 Å². The number of ether oxygens (including phenoxy) is 3. The Labute approximate surface area is 159 Å². The molecule has 2 aromatic carbocycles. The lowest BCUT2D eigenvalue weighted by Gasteiger charge is -2.20. The van der Waals surface area contributed by atoms with Crippen molar-refractivity contribution in [2.24, 2.45) is 0 Å². The van der Waals surface area contributed by atoms with Gasteiger partial charge in [0.05, 0.1) is 6.54 Å². The monoisotopic (exact) mass is 396 g/mol. The summed E-state index contributed by atoms with van der Waals surface area (Å²) >= 11 is 0. The molecule has 0 saturated heterocycles. The molecule has 0 aromatic heterocycles. The number of likely N-dealkylation sites (N-methyl/N-ethyl adjacent to an activating group) is 1. The number of halogens is 3. The molecule has 1 amide bonds. The highest BCUT2D eigenvalue weighted by molar-refractivity contribution is 5.92. The smallest absolute Gasteiger partial charge is 0.486 e. The lowest BCUT2D eigenvalue weighted by molar-refractivity contribution is -0.275. The van der Waals surface area contributed by atoms with Gasteiger partial charge in [0.15, 0.2) is 11.5 Å². The van der Waals surface area contributed by atoms with Crippen LogP contribution in [0.25, 0.3) is 0 Å². The second kappa shape index (κ2) is 8.39. The fraction of sp³-hybridized carbons (Fsp3) is 0.316. The Balaban J connectivity index is 1.58. The fourth-order valence-electron chi connectivity index (χ4n) is 2.77. The van der Waals surface area contributed by atoms with Crippen LogP contribution in [-0.4, -0.2) is 44.0 Å². The molecular weight excluding hydrogens is 377 g/mol. The van der Waals surface area contributed by atoms with Crippen molar-refractivity contribution in [1.29, 1.82) is 0 Å². The van der Waals surface area contributed by atoms with Crippen LogP contribution in [0.5, 0.6) is 17.2 Å². The summed E-state index contributed by atoms with van der Waals surface area (Å²) < 4.78 is 52.5. The van der Waals surface area contributed by atoms with Crippen LogP contribution in [-0.2, 0) is 11.3 Å². The number of nitrogens with one attached hydrogen (secondary N) is 1. The quantitative estimate of drug-likeness (QED) is 0.811. The molecule has 150 valence electrons. The summed E-state index contributed by atoms with van der Waals surface area (Å²) in [6.07, 6.45) is -4.77. The first-order valence-corrected chi connectivity index (χ1v) is 8.52. The van der Waals surface area contributed by atoms with E-state index >= 15 is 0 Å². The first-order chi connectivity index (χ1) is 13.3. The van der Waals surface area contributed by atoms with E-state index in [1.807, 2.05) is 0 Å². The van der Waals surface area contributed by atoms with Gasteiger partial charge < -0.3 is 19.5 Å². The van der Waals surface area contributed by atoms with Gasteiger partial charge in [-0.25, -0.2) is 0 Å². The lowest BCUT2D eigenvalue weighted by atomic mass is 10.2. The molecular formula is C19H19F3N2O4. The third-order valence-electron chi connectivity index (χ3n) is 3.88. The molecule has 0 saturated carbocycles. The molecule has 1 heterocycles. The summed E-state index contributed by atoms with van der Waals surface area (Å²) in [7, 11) is 1.63. The Hall–Kier alpha value is -2.94. The van der Waals surface area contributed by atoms with Gasteiger partial charge in [-0.05, 0) is 25.2 Å². The van der Waals surface area contributed by atoms with E-state index < -0.39 is 6.36 Å². The molecule has 0 bridgehead atoms. The Morgan fingerprint density at radius 2 is 1.86 bits per heavy atom. The van der Waals surface area contributed by atoms with Crippen LogP contribution in [0.15, 0.2) is 42.5 Å². The lowest BCUT2D eigenvalue weighted by Crippen LogP contribution is -2.30. The summed E-state index contributed by atoms with van der Waals surface area (Å²) in [5.74, 6) is 0.570. The molecule has 0 aliphatic carbocycles. The second-order valence-electron chi connectivity index (χ2n) is 6.23. The molecule has 0 spiro atoms. The third-order valence-corrected chi connectivity index (χ3v) is 3.88. The SMILES string of the molecule is CN(CC(=O)Nc1ccc2c(c1)OCCO2)Cc1ccccc1OC(F)(F)F. The van der Waals surface area contributed by atoms with Gasteiger partial charge in [0.2, 0.25) is 5.91 Å². The average molecular weight is 396 g/mol. The standard InChI is InChI=1S/C19H19F3N2O4/c1-24(11-13-4-2-3-5-15(13)28-19(20,21)22)12-18(25)23-14-6-7-16-17(10-14)27-9-8-26-16/h2-7,10H,8-9,11-12H2,1H3,(H,23,25). The molecule has 0 radical (unpaired) electrons. The van der Waals surface area contributed by atoms with E-state index in [1.54, 1.807) is 36.2 Å². The number of hydrogen-bond acceptors (Lipinski definition) is 5. The molecule has 6 nitrogen and oxygen atoms in total. The Kier molecular flexibility index (Phi) is 5.93. The highest BCUT2D eigenvalue weighted by Gasteiger charge is 2.32. The van der Waals surface area contributed by atoms with Gasteiger partial charge in [0.25, 0.3) is 0 Å². The van der Waals surface area contributed by atoms with Crippen molar-refractivity contribution in [3.8, 4) is 17.2 Å². The van der Waals surface area contributed by atoms with Crippen molar-refractivity contribution in [1.82, 2.24) is 4.90 Å². The van der Waals surface area contributed by atoms with Crippen LogP contribution in [0.2, 0.25) is 0 Å². The Morgan fingerprint density at radius 3 is 2.61 bits per heavy atom. The number of carbonyl (C=O) groups excluding carboxylic acids is 1. The predicted octanol–water partition coefficient (Wildman–Crippen LogP) is 3.43. The minimum absolute atomic E-state index is 0.0191. The average Bonchev–Trinajstić information content (AvgIpc) is 2.62. The largest absolute Gasteiger partial charge is 0.573 e.